The van der Waals surface area contributed by atoms with Crippen LogP contribution in [0.5, 0.6) is 0 Å². The number of hydrogen-bond donors (Lipinski definition) is 0. The standard InChI is InChI=1S/C9H14O3/c1-4-5-6-7-9(2,12-7)8(10)11-3/h5-7H,4H2,1-3H3. The van der Waals surface area contributed by atoms with Crippen LogP contribution in [0.25, 0.3) is 0 Å². The van der Waals surface area contributed by atoms with Crippen molar-refractivity contribution >= 4 is 5.97 Å². The molecule has 1 aliphatic heterocycles. The van der Waals surface area contributed by atoms with Crippen LogP contribution in [0.1, 0.15) is 20.3 Å². The van der Waals surface area contributed by atoms with Crippen molar-refractivity contribution in [2.24, 2.45) is 0 Å². The number of carbonyl (C=O) groups excluding carboxylic acids is 1. The lowest BCUT2D eigenvalue weighted by molar-refractivity contribution is -0.146. The van der Waals surface area contributed by atoms with E-state index < -0.39 is 5.60 Å². The molecule has 1 saturated heterocycles. The van der Waals surface area contributed by atoms with Crippen molar-refractivity contribution in [3.05, 3.63) is 12.2 Å². The molecule has 1 rings (SSSR count). The lowest BCUT2D eigenvalue weighted by atomic mass is 10.1. The van der Waals surface area contributed by atoms with Gasteiger partial charge in [-0.05, 0) is 13.3 Å². The van der Waals surface area contributed by atoms with Crippen molar-refractivity contribution in [1.29, 1.82) is 0 Å². The van der Waals surface area contributed by atoms with Crippen LogP contribution in [0.3, 0.4) is 0 Å². The van der Waals surface area contributed by atoms with Gasteiger partial charge in [0.1, 0.15) is 6.10 Å². The van der Waals surface area contributed by atoms with Crippen molar-refractivity contribution in [2.45, 2.75) is 32.0 Å². The summed E-state index contributed by atoms with van der Waals surface area (Å²) in [6, 6.07) is 0. The summed E-state index contributed by atoms with van der Waals surface area (Å²) in [7, 11) is 1.37. The Morgan fingerprint density at radius 2 is 2.42 bits per heavy atom. The fraction of sp³-hybridized carbons (Fsp3) is 0.667. The summed E-state index contributed by atoms with van der Waals surface area (Å²) in [5.41, 5.74) is -0.722. The zero-order valence-corrected chi connectivity index (χ0v) is 7.66. The van der Waals surface area contributed by atoms with Gasteiger partial charge in [0.2, 0.25) is 0 Å². The van der Waals surface area contributed by atoms with Gasteiger partial charge in [-0.3, -0.25) is 0 Å². The maximum atomic E-state index is 11.1. The normalized spacial score (nSPS) is 33.8. The molecule has 1 aliphatic rings. The third-order valence-corrected chi connectivity index (χ3v) is 1.99. The number of carbonyl (C=O) groups is 1. The predicted molar refractivity (Wildman–Crippen MR) is 44.7 cm³/mol. The number of esters is 1. The topological polar surface area (TPSA) is 38.8 Å². The molecule has 0 amide bonds. The van der Waals surface area contributed by atoms with E-state index in [1.165, 1.54) is 7.11 Å². The summed E-state index contributed by atoms with van der Waals surface area (Å²) in [5.74, 6) is -0.298. The van der Waals surface area contributed by atoms with Crippen LogP contribution in [0.15, 0.2) is 12.2 Å². The van der Waals surface area contributed by atoms with E-state index in [1.54, 1.807) is 6.92 Å². The van der Waals surface area contributed by atoms with Crippen molar-refractivity contribution < 1.29 is 14.3 Å². The van der Waals surface area contributed by atoms with Gasteiger partial charge < -0.3 is 9.47 Å². The zero-order chi connectivity index (χ0) is 9.19. The monoisotopic (exact) mass is 170 g/mol. The van der Waals surface area contributed by atoms with Crippen LogP contribution < -0.4 is 0 Å². The number of allylic oxidation sites excluding steroid dienone is 1. The molecule has 0 bridgehead atoms. The average Bonchev–Trinajstić information content (AvgIpc) is 2.74. The van der Waals surface area contributed by atoms with Gasteiger partial charge in [-0.2, -0.15) is 0 Å². The highest BCUT2D eigenvalue weighted by Gasteiger charge is 2.58. The maximum absolute atomic E-state index is 11.1. The molecule has 3 nitrogen and oxygen atoms in total. The minimum Gasteiger partial charge on any atom is -0.467 e. The molecule has 0 radical (unpaired) electrons. The highest BCUT2D eigenvalue weighted by Crippen LogP contribution is 2.38. The van der Waals surface area contributed by atoms with Crippen molar-refractivity contribution in [2.75, 3.05) is 7.11 Å². The molecular weight excluding hydrogens is 156 g/mol. The Morgan fingerprint density at radius 1 is 1.75 bits per heavy atom. The van der Waals surface area contributed by atoms with E-state index in [-0.39, 0.29) is 12.1 Å². The van der Waals surface area contributed by atoms with Gasteiger partial charge in [0.15, 0.2) is 5.60 Å². The first-order chi connectivity index (χ1) is 5.65. The molecule has 3 heteroatoms. The first kappa shape index (κ1) is 9.26. The van der Waals surface area contributed by atoms with Gasteiger partial charge in [-0.25, -0.2) is 4.79 Å². The molecule has 1 heterocycles. The second-order valence-corrected chi connectivity index (χ2v) is 2.97. The molecule has 0 aromatic rings. The van der Waals surface area contributed by atoms with E-state index in [9.17, 15) is 4.79 Å². The zero-order valence-electron chi connectivity index (χ0n) is 7.66. The highest BCUT2D eigenvalue weighted by atomic mass is 16.7. The van der Waals surface area contributed by atoms with Gasteiger partial charge in [0.25, 0.3) is 0 Å². The first-order valence-corrected chi connectivity index (χ1v) is 4.08. The molecule has 0 aliphatic carbocycles. The van der Waals surface area contributed by atoms with E-state index in [0.717, 1.165) is 6.42 Å². The number of hydrogen-bond acceptors (Lipinski definition) is 3. The van der Waals surface area contributed by atoms with Gasteiger partial charge in [0.05, 0.1) is 7.11 Å². The Bertz CT molecular complexity index is 210. The van der Waals surface area contributed by atoms with E-state index in [4.69, 9.17) is 4.74 Å². The number of methoxy groups -OCH3 is 1. The summed E-state index contributed by atoms with van der Waals surface area (Å²) < 4.78 is 9.79. The minimum absolute atomic E-state index is 0.0927. The summed E-state index contributed by atoms with van der Waals surface area (Å²) >= 11 is 0. The smallest absolute Gasteiger partial charge is 0.340 e. The van der Waals surface area contributed by atoms with Crippen LogP contribution in [0.2, 0.25) is 0 Å². The summed E-state index contributed by atoms with van der Waals surface area (Å²) in [4.78, 5) is 11.1. The van der Waals surface area contributed by atoms with Gasteiger partial charge in [-0.1, -0.05) is 19.1 Å². The lowest BCUT2D eigenvalue weighted by Gasteiger charge is -2.00. The molecule has 0 N–H and O–H groups in total. The molecule has 0 spiro atoms. The fourth-order valence-corrected chi connectivity index (χ4v) is 1.08. The highest BCUT2D eigenvalue weighted by molar-refractivity contribution is 5.83. The Kier molecular flexibility index (Phi) is 2.52. The number of ether oxygens (including phenoxy) is 2. The van der Waals surface area contributed by atoms with E-state index in [2.05, 4.69) is 4.74 Å². The van der Waals surface area contributed by atoms with Crippen molar-refractivity contribution in [1.82, 2.24) is 0 Å². The molecule has 0 aromatic carbocycles. The van der Waals surface area contributed by atoms with Crippen molar-refractivity contribution in [3.8, 4) is 0 Å². The SMILES string of the molecule is CCC=CC1OC1(C)C(=O)OC. The summed E-state index contributed by atoms with van der Waals surface area (Å²) in [6.45, 7) is 3.78. The fourth-order valence-electron chi connectivity index (χ4n) is 1.08. The molecule has 0 saturated carbocycles. The first-order valence-electron chi connectivity index (χ1n) is 4.08. The van der Waals surface area contributed by atoms with Crippen molar-refractivity contribution in [3.63, 3.8) is 0 Å². The molecule has 2 atom stereocenters. The Labute approximate surface area is 72.4 Å². The number of rotatable bonds is 3. The van der Waals surface area contributed by atoms with E-state index in [1.807, 2.05) is 19.1 Å². The maximum Gasteiger partial charge on any atom is 0.340 e. The molecular formula is C9H14O3. The molecule has 2 unspecified atom stereocenters. The molecule has 12 heavy (non-hydrogen) atoms. The summed E-state index contributed by atoms with van der Waals surface area (Å²) in [6.07, 6.45) is 4.75. The number of epoxide rings is 1. The van der Waals surface area contributed by atoms with E-state index >= 15 is 0 Å². The minimum atomic E-state index is -0.722. The molecule has 1 fully saturated rings. The van der Waals surface area contributed by atoms with Crippen LogP contribution in [0.4, 0.5) is 0 Å². The predicted octanol–water partition coefficient (Wildman–Crippen LogP) is 1.28. The average molecular weight is 170 g/mol. The van der Waals surface area contributed by atoms with E-state index in [0.29, 0.717) is 0 Å². The summed E-state index contributed by atoms with van der Waals surface area (Å²) in [5, 5.41) is 0. The van der Waals surface area contributed by atoms with Crippen LogP contribution >= 0.6 is 0 Å². The molecule has 68 valence electrons. The third kappa shape index (κ3) is 1.50. The van der Waals surface area contributed by atoms with Gasteiger partial charge in [-0.15, -0.1) is 0 Å². The Morgan fingerprint density at radius 3 is 2.92 bits per heavy atom. The Hall–Kier alpha value is -0.830. The largest absolute Gasteiger partial charge is 0.467 e. The lowest BCUT2D eigenvalue weighted by Crippen LogP contribution is -2.24. The quantitative estimate of drug-likeness (QED) is 0.364. The third-order valence-electron chi connectivity index (χ3n) is 1.99. The van der Waals surface area contributed by atoms with Gasteiger partial charge in [0, 0.05) is 0 Å². The molecule has 0 aromatic heterocycles. The second kappa shape index (κ2) is 3.27. The van der Waals surface area contributed by atoms with Crippen LogP contribution in [-0.2, 0) is 14.3 Å². The Balaban J connectivity index is 2.48. The van der Waals surface area contributed by atoms with Crippen LogP contribution in [-0.4, -0.2) is 24.8 Å². The van der Waals surface area contributed by atoms with Gasteiger partial charge >= 0.3 is 5.97 Å². The van der Waals surface area contributed by atoms with Crippen LogP contribution in [0, 0.1) is 0 Å². The second-order valence-electron chi connectivity index (χ2n) is 2.97.